The van der Waals surface area contributed by atoms with Gasteiger partial charge in [-0.15, -0.1) is 0 Å². The molecule has 0 fully saturated rings. The molecule has 0 saturated carbocycles. The molecule has 2 unspecified atom stereocenters. The topological polar surface area (TPSA) is 95.9 Å². The Hall–Kier alpha value is -1.92. The van der Waals surface area contributed by atoms with E-state index >= 15 is 0 Å². The maximum Gasteiger partial charge on any atom is 0.305 e. The van der Waals surface area contributed by atoms with Crippen molar-refractivity contribution in [3.8, 4) is 0 Å². The van der Waals surface area contributed by atoms with Gasteiger partial charge in [0.15, 0.2) is 0 Å². The first kappa shape index (κ1) is 80.1. The highest BCUT2D eigenvalue weighted by Gasteiger charge is 2.18. The Morgan fingerprint density at radius 3 is 0.927 bits per heavy atom. The summed E-state index contributed by atoms with van der Waals surface area (Å²) in [5.41, 5.74) is 0. The summed E-state index contributed by atoms with van der Waals surface area (Å²) >= 11 is 0. The average Bonchev–Trinajstić information content (AvgIpc) is 3.48. The van der Waals surface area contributed by atoms with Crippen molar-refractivity contribution in [1.29, 1.82) is 0 Å². The van der Waals surface area contributed by atoms with E-state index in [-0.39, 0.29) is 18.5 Å². The molecule has 0 aliphatic heterocycles. The Morgan fingerprint density at radius 1 is 0.341 bits per heavy atom. The predicted molar refractivity (Wildman–Crippen MR) is 361 cm³/mol. The highest BCUT2D eigenvalue weighted by atomic mass is 16.5. The molecule has 82 heavy (non-hydrogen) atoms. The fourth-order valence-electron chi connectivity index (χ4n) is 11.7. The fraction of sp³-hybridized carbons (Fsp3) is 0.895. The number of ether oxygens (including phenoxy) is 1. The lowest BCUT2D eigenvalue weighted by atomic mass is 10.0. The summed E-state index contributed by atoms with van der Waals surface area (Å²) in [6.07, 6.45) is 92.6. The van der Waals surface area contributed by atoms with Crippen molar-refractivity contribution in [3.05, 3.63) is 36.5 Å². The molecular weight excluding hydrogens is 1010 g/mol. The van der Waals surface area contributed by atoms with E-state index in [1.54, 1.807) is 6.08 Å². The van der Waals surface area contributed by atoms with Crippen LogP contribution >= 0.6 is 0 Å². The van der Waals surface area contributed by atoms with Crippen molar-refractivity contribution < 1.29 is 24.5 Å². The largest absolute Gasteiger partial charge is 0.466 e. The molecular formula is C76H145NO5. The SMILES string of the molecule is CCCCCCCCCCCCCC/C=C/C(O)C(CO)NC(=O)CCCCCCCCCCCCCCCCCCC/C=C\C/C=C\CCCCCCCCCCCCCCCCCOC(=O)CCCCCCCCCCCCCC. The summed E-state index contributed by atoms with van der Waals surface area (Å²) in [7, 11) is 0. The van der Waals surface area contributed by atoms with E-state index in [4.69, 9.17) is 4.74 Å². The monoisotopic (exact) mass is 1150 g/mol. The smallest absolute Gasteiger partial charge is 0.305 e. The summed E-state index contributed by atoms with van der Waals surface area (Å²) in [6, 6.07) is -0.625. The van der Waals surface area contributed by atoms with Gasteiger partial charge in [0.25, 0.3) is 0 Å². The summed E-state index contributed by atoms with van der Waals surface area (Å²) in [5, 5.41) is 23.2. The Balaban J connectivity index is 3.36. The second-order valence-electron chi connectivity index (χ2n) is 25.6. The van der Waals surface area contributed by atoms with Crippen LogP contribution in [0.5, 0.6) is 0 Å². The van der Waals surface area contributed by atoms with Crippen LogP contribution in [0.25, 0.3) is 0 Å². The molecule has 0 aromatic rings. The second kappa shape index (κ2) is 71.6. The molecule has 0 aliphatic rings. The van der Waals surface area contributed by atoms with Gasteiger partial charge in [-0.1, -0.05) is 371 Å². The van der Waals surface area contributed by atoms with Gasteiger partial charge in [-0.25, -0.2) is 0 Å². The Kier molecular flexibility index (Phi) is 69.9. The molecule has 0 heterocycles. The normalized spacial score (nSPS) is 12.7. The van der Waals surface area contributed by atoms with Crippen LogP contribution in [-0.4, -0.2) is 47.4 Å². The number of carbonyl (C=O) groups is 2. The van der Waals surface area contributed by atoms with Gasteiger partial charge in [0, 0.05) is 12.8 Å². The van der Waals surface area contributed by atoms with Crippen molar-refractivity contribution >= 4 is 11.9 Å². The minimum Gasteiger partial charge on any atom is -0.466 e. The molecule has 0 spiro atoms. The van der Waals surface area contributed by atoms with E-state index in [0.29, 0.717) is 19.4 Å². The van der Waals surface area contributed by atoms with Crippen LogP contribution in [0.4, 0.5) is 0 Å². The summed E-state index contributed by atoms with van der Waals surface area (Å²) in [4.78, 5) is 24.5. The van der Waals surface area contributed by atoms with Crippen LogP contribution in [0.2, 0.25) is 0 Å². The van der Waals surface area contributed by atoms with Gasteiger partial charge in [0.1, 0.15) is 0 Å². The number of allylic oxidation sites excluding steroid dienone is 5. The minimum atomic E-state index is -0.842. The Morgan fingerprint density at radius 2 is 0.610 bits per heavy atom. The zero-order valence-electron chi connectivity index (χ0n) is 55.5. The van der Waals surface area contributed by atoms with E-state index < -0.39 is 12.1 Å². The molecule has 6 nitrogen and oxygen atoms in total. The van der Waals surface area contributed by atoms with Crippen LogP contribution in [0.15, 0.2) is 36.5 Å². The molecule has 6 heteroatoms. The summed E-state index contributed by atoms with van der Waals surface area (Å²) in [6.45, 7) is 4.93. The van der Waals surface area contributed by atoms with Crippen molar-refractivity contribution in [2.45, 2.75) is 424 Å². The van der Waals surface area contributed by atoms with Gasteiger partial charge in [0.2, 0.25) is 5.91 Å². The quantitative estimate of drug-likeness (QED) is 0.0320. The number of carbonyl (C=O) groups excluding carboxylic acids is 2. The first-order valence-electron chi connectivity index (χ1n) is 37.3. The number of rotatable bonds is 70. The maximum atomic E-state index is 12.5. The van der Waals surface area contributed by atoms with Gasteiger partial charge in [-0.05, 0) is 64.2 Å². The number of aliphatic hydroxyl groups is 2. The van der Waals surface area contributed by atoms with Gasteiger partial charge in [0.05, 0.1) is 25.4 Å². The second-order valence-corrected chi connectivity index (χ2v) is 25.6. The van der Waals surface area contributed by atoms with Crippen LogP contribution in [0.3, 0.4) is 0 Å². The van der Waals surface area contributed by atoms with Gasteiger partial charge < -0.3 is 20.3 Å². The molecule has 0 bridgehead atoms. The van der Waals surface area contributed by atoms with E-state index in [1.807, 2.05) is 6.08 Å². The van der Waals surface area contributed by atoms with Crippen molar-refractivity contribution in [1.82, 2.24) is 5.32 Å². The lowest BCUT2D eigenvalue weighted by Gasteiger charge is -2.20. The highest BCUT2D eigenvalue weighted by molar-refractivity contribution is 5.76. The average molecular weight is 1150 g/mol. The maximum absolute atomic E-state index is 12.5. The zero-order valence-corrected chi connectivity index (χ0v) is 55.5. The third-order valence-corrected chi connectivity index (χ3v) is 17.4. The molecule has 0 radical (unpaired) electrons. The van der Waals surface area contributed by atoms with E-state index in [2.05, 4.69) is 43.5 Å². The molecule has 3 N–H and O–H groups in total. The number of aliphatic hydroxyl groups excluding tert-OH is 2. The predicted octanol–water partition coefficient (Wildman–Crippen LogP) is 24.3. The minimum absolute atomic E-state index is 0.0212. The Labute approximate surface area is 513 Å². The highest BCUT2D eigenvalue weighted by Crippen LogP contribution is 2.19. The number of nitrogens with one attached hydrogen (secondary N) is 1. The van der Waals surface area contributed by atoms with E-state index in [1.165, 1.54) is 340 Å². The number of hydrogen-bond donors (Lipinski definition) is 3. The molecule has 0 aromatic heterocycles. The number of esters is 1. The lowest BCUT2D eigenvalue weighted by molar-refractivity contribution is -0.143. The molecule has 0 rings (SSSR count). The summed E-state index contributed by atoms with van der Waals surface area (Å²) < 4.78 is 5.49. The van der Waals surface area contributed by atoms with Gasteiger partial charge in [-0.3, -0.25) is 9.59 Å². The van der Waals surface area contributed by atoms with E-state index in [0.717, 1.165) is 44.9 Å². The third kappa shape index (κ3) is 67.2. The van der Waals surface area contributed by atoms with Crippen molar-refractivity contribution in [2.75, 3.05) is 13.2 Å². The lowest BCUT2D eigenvalue weighted by Crippen LogP contribution is -2.45. The van der Waals surface area contributed by atoms with Gasteiger partial charge >= 0.3 is 5.97 Å². The van der Waals surface area contributed by atoms with Gasteiger partial charge in [-0.2, -0.15) is 0 Å². The fourth-order valence-corrected chi connectivity index (χ4v) is 11.7. The number of unbranched alkanes of at least 4 members (excludes halogenated alkanes) is 55. The first-order valence-corrected chi connectivity index (χ1v) is 37.3. The van der Waals surface area contributed by atoms with Crippen LogP contribution in [-0.2, 0) is 14.3 Å². The van der Waals surface area contributed by atoms with Crippen molar-refractivity contribution in [3.63, 3.8) is 0 Å². The zero-order chi connectivity index (χ0) is 59.2. The third-order valence-electron chi connectivity index (χ3n) is 17.4. The first-order chi connectivity index (χ1) is 40.5. The van der Waals surface area contributed by atoms with Crippen LogP contribution in [0.1, 0.15) is 412 Å². The van der Waals surface area contributed by atoms with Crippen LogP contribution in [0, 0.1) is 0 Å². The number of amides is 1. The van der Waals surface area contributed by atoms with Crippen molar-refractivity contribution in [2.24, 2.45) is 0 Å². The number of hydrogen-bond acceptors (Lipinski definition) is 5. The molecule has 1 amide bonds. The Bertz CT molecular complexity index is 1330. The molecule has 2 atom stereocenters. The van der Waals surface area contributed by atoms with Crippen LogP contribution < -0.4 is 5.32 Å². The molecule has 0 aliphatic carbocycles. The molecule has 0 saturated heterocycles. The molecule has 484 valence electrons. The summed E-state index contributed by atoms with van der Waals surface area (Å²) in [5.74, 6) is -0.0417. The van der Waals surface area contributed by atoms with E-state index in [9.17, 15) is 19.8 Å². The molecule has 0 aromatic carbocycles. The standard InChI is InChI=1S/C76H145NO5/c1-3-5-7-9-11-13-15-17-45-48-52-56-60-64-68-74(79)73(72-78)77-75(80)69-65-61-57-53-49-46-43-41-39-37-35-33-31-29-27-25-23-21-19-18-20-22-24-26-28-30-32-34-36-38-40-42-44-47-51-55-59-63-67-71-82-76(81)70-66-62-58-54-50-16-14-12-10-8-6-4-2/h18-19,22,24,64,68,73-74,78-79H,3-17,20-21,23,25-63,65-67,69-72H2,1-2H3,(H,77,80)/b19-18-,24-22-,68-64+.